The largest absolute Gasteiger partial charge is 0.382 e. The van der Waals surface area contributed by atoms with E-state index in [1.54, 1.807) is 0 Å². The molecule has 2 rings (SSSR count). The van der Waals surface area contributed by atoms with Gasteiger partial charge in [0.2, 0.25) is 0 Å². The summed E-state index contributed by atoms with van der Waals surface area (Å²) < 4.78 is 0. The van der Waals surface area contributed by atoms with E-state index in [0.717, 1.165) is 13.1 Å². The lowest BCUT2D eigenvalue weighted by atomic mass is 10.1. The van der Waals surface area contributed by atoms with E-state index in [4.69, 9.17) is 0 Å². The number of hydrogen-bond donors (Lipinski definition) is 1. The van der Waals surface area contributed by atoms with Crippen LogP contribution in [0.2, 0.25) is 0 Å². The van der Waals surface area contributed by atoms with Crippen molar-refractivity contribution in [3.05, 3.63) is 24.3 Å². The van der Waals surface area contributed by atoms with Crippen LogP contribution in [-0.4, -0.2) is 19.1 Å². The second-order valence-corrected chi connectivity index (χ2v) is 3.73. The van der Waals surface area contributed by atoms with E-state index in [9.17, 15) is 0 Å². The molecule has 0 saturated heterocycles. The first-order valence-corrected chi connectivity index (χ1v) is 4.88. The quantitative estimate of drug-likeness (QED) is 0.822. The standard InChI is InChI=1S/C11H16N2.2ClH/c1-9(2)13-8-7-12-10-5-3-4-6-11(10)13;;/h3-6,9,12H,7-8H2,1-2H3;2*1H. The highest BCUT2D eigenvalue weighted by atomic mass is 35.5. The highest BCUT2D eigenvalue weighted by molar-refractivity contribution is 5.85. The summed E-state index contributed by atoms with van der Waals surface area (Å²) in [6.45, 7) is 6.63. The van der Waals surface area contributed by atoms with Gasteiger partial charge in [-0.05, 0) is 26.0 Å². The zero-order valence-corrected chi connectivity index (χ0v) is 10.7. The molecule has 0 unspecified atom stereocenters. The van der Waals surface area contributed by atoms with E-state index < -0.39 is 0 Å². The van der Waals surface area contributed by atoms with Crippen LogP contribution in [0.1, 0.15) is 13.8 Å². The Morgan fingerprint density at radius 2 is 1.87 bits per heavy atom. The molecule has 0 radical (unpaired) electrons. The molecular formula is C11H18Cl2N2. The van der Waals surface area contributed by atoms with Crippen LogP contribution in [0.15, 0.2) is 24.3 Å². The lowest BCUT2D eigenvalue weighted by Gasteiger charge is -2.35. The van der Waals surface area contributed by atoms with Crippen molar-refractivity contribution in [2.45, 2.75) is 19.9 Å². The van der Waals surface area contributed by atoms with Crippen LogP contribution in [0.5, 0.6) is 0 Å². The van der Waals surface area contributed by atoms with E-state index in [0.29, 0.717) is 6.04 Å². The molecular weight excluding hydrogens is 231 g/mol. The topological polar surface area (TPSA) is 15.3 Å². The summed E-state index contributed by atoms with van der Waals surface area (Å²) in [6.07, 6.45) is 0. The van der Waals surface area contributed by atoms with Crippen LogP contribution in [0, 0.1) is 0 Å². The fraction of sp³-hybridized carbons (Fsp3) is 0.455. The van der Waals surface area contributed by atoms with Gasteiger partial charge in [0.25, 0.3) is 0 Å². The highest BCUT2D eigenvalue weighted by Gasteiger charge is 2.17. The van der Waals surface area contributed by atoms with Crippen LogP contribution < -0.4 is 10.2 Å². The first kappa shape index (κ1) is 14.4. The average molecular weight is 249 g/mol. The van der Waals surface area contributed by atoms with Crippen LogP contribution >= 0.6 is 24.8 Å². The summed E-state index contributed by atoms with van der Waals surface area (Å²) in [4.78, 5) is 2.44. The van der Waals surface area contributed by atoms with Gasteiger partial charge in [-0.25, -0.2) is 0 Å². The molecule has 1 aromatic rings. The number of benzene rings is 1. The van der Waals surface area contributed by atoms with Gasteiger partial charge >= 0.3 is 0 Å². The second-order valence-electron chi connectivity index (χ2n) is 3.73. The molecule has 1 aliphatic heterocycles. The molecule has 1 aliphatic rings. The first-order chi connectivity index (χ1) is 6.29. The molecule has 0 bridgehead atoms. The number of nitrogens with one attached hydrogen (secondary N) is 1. The summed E-state index contributed by atoms with van der Waals surface area (Å²) in [6, 6.07) is 9.09. The number of hydrogen-bond acceptors (Lipinski definition) is 2. The van der Waals surface area contributed by atoms with Gasteiger partial charge in [0.15, 0.2) is 0 Å². The van der Waals surface area contributed by atoms with Gasteiger partial charge in [-0.15, -0.1) is 24.8 Å². The van der Waals surface area contributed by atoms with Crippen LogP contribution in [-0.2, 0) is 0 Å². The average Bonchev–Trinajstić information content (AvgIpc) is 2.17. The SMILES string of the molecule is CC(C)N1CCNc2ccccc21.Cl.Cl. The Hall–Kier alpha value is -0.600. The van der Waals surface area contributed by atoms with Crippen LogP contribution in [0.25, 0.3) is 0 Å². The molecule has 0 atom stereocenters. The molecule has 0 saturated carbocycles. The van der Waals surface area contributed by atoms with Crippen molar-refractivity contribution in [3.63, 3.8) is 0 Å². The van der Waals surface area contributed by atoms with E-state index in [1.807, 2.05) is 0 Å². The number of rotatable bonds is 1. The summed E-state index contributed by atoms with van der Waals surface area (Å²) >= 11 is 0. The molecule has 1 heterocycles. The van der Waals surface area contributed by atoms with Gasteiger partial charge < -0.3 is 10.2 Å². The first-order valence-electron chi connectivity index (χ1n) is 4.88. The number of halogens is 2. The Balaban J connectivity index is 0.000000980. The summed E-state index contributed by atoms with van der Waals surface area (Å²) in [7, 11) is 0. The predicted molar refractivity (Wildman–Crippen MR) is 71.9 cm³/mol. The lowest BCUT2D eigenvalue weighted by molar-refractivity contribution is 0.681. The third kappa shape index (κ3) is 2.93. The van der Waals surface area contributed by atoms with Crippen LogP contribution in [0.3, 0.4) is 0 Å². The smallest absolute Gasteiger partial charge is 0.0604 e. The number of fused-ring (bicyclic) bond motifs is 1. The molecule has 1 N–H and O–H groups in total. The zero-order valence-electron chi connectivity index (χ0n) is 9.06. The minimum absolute atomic E-state index is 0. The fourth-order valence-electron chi connectivity index (χ4n) is 1.84. The normalized spacial score (nSPS) is 13.4. The maximum atomic E-state index is 3.41. The monoisotopic (exact) mass is 248 g/mol. The Kier molecular flexibility index (Phi) is 5.84. The number of para-hydroxylation sites is 2. The molecule has 1 aromatic carbocycles. The molecule has 86 valence electrons. The minimum atomic E-state index is 0. The van der Waals surface area contributed by atoms with E-state index >= 15 is 0 Å². The Morgan fingerprint density at radius 3 is 2.53 bits per heavy atom. The molecule has 2 nitrogen and oxygen atoms in total. The maximum absolute atomic E-state index is 3.41. The molecule has 0 aromatic heterocycles. The van der Waals surface area contributed by atoms with Crippen molar-refractivity contribution in [2.24, 2.45) is 0 Å². The summed E-state index contributed by atoms with van der Waals surface area (Å²) in [5.74, 6) is 0. The molecule has 0 fully saturated rings. The van der Waals surface area contributed by atoms with Crippen molar-refractivity contribution in [1.82, 2.24) is 0 Å². The third-order valence-electron chi connectivity index (χ3n) is 2.50. The fourth-order valence-corrected chi connectivity index (χ4v) is 1.84. The molecule has 15 heavy (non-hydrogen) atoms. The molecule has 0 amide bonds. The van der Waals surface area contributed by atoms with Gasteiger partial charge in [-0.1, -0.05) is 12.1 Å². The Labute approximate surface area is 104 Å². The van der Waals surface area contributed by atoms with Gasteiger partial charge in [0.05, 0.1) is 11.4 Å². The molecule has 0 spiro atoms. The second kappa shape index (κ2) is 6.09. The van der Waals surface area contributed by atoms with Crippen molar-refractivity contribution in [2.75, 3.05) is 23.3 Å². The van der Waals surface area contributed by atoms with Crippen molar-refractivity contribution in [1.29, 1.82) is 0 Å². The summed E-state index contributed by atoms with van der Waals surface area (Å²) in [5, 5.41) is 3.41. The van der Waals surface area contributed by atoms with Crippen molar-refractivity contribution in [3.8, 4) is 0 Å². The Bertz CT molecular complexity index is 302. The third-order valence-corrected chi connectivity index (χ3v) is 2.50. The maximum Gasteiger partial charge on any atom is 0.0604 e. The van der Waals surface area contributed by atoms with Gasteiger partial charge in [-0.3, -0.25) is 0 Å². The van der Waals surface area contributed by atoms with Gasteiger partial charge in [-0.2, -0.15) is 0 Å². The minimum Gasteiger partial charge on any atom is -0.382 e. The number of nitrogens with zero attached hydrogens (tertiary/aromatic N) is 1. The van der Waals surface area contributed by atoms with Gasteiger partial charge in [0, 0.05) is 19.1 Å². The van der Waals surface area contributed by atoms with Gasteiger partial charge in [0.1, 0.15) is 0 Å². The van der Waals surface area contributed by atoms with Crippen molar-refractivity contribution < 1.29 is 0 Å². The molecule has 0 aliphatic carbocycles. The molecule has 4 heteroatoms. The number of anilines is 2. The van der Waals surface area contributed by atoms with Crippen molar-refractivity contribution >= 4 is 36.2 Å². The highest BCUT2D eigenvalue weighted by Crippen LogP contribution is 2.29. The predicted octanol–water partition coefficient (Wildman–Crippen LogP) is 3.17. The van der Waals surface area contributed by atoms with E-state index in [-0.39, 0.29) is 24.8 Å². The Morgan fingerprint density at radius 1 is 1.20 bits per heavy atom. The van der Waals surface area contributed by atoms with E-state index in [2.05, 4.69) is 48.3 Å². The summed E-state index contributed by atoms with van der Waals surface area (Å²) in [5.41, 5.74) is 2.60. The zero-order chi connectivity index (χ0) is 9.26. The van der Waals surface area contributed by atoms with E-state index in [1.165, 1.54) is 11.4 Å². The van der Waals surface area contributed by atoms with Crippen LogP contribution in [0.4, 0.5) is 11.4 Å². The lowest BCUT2D eigenvalue weighted by Crippen LogP contribution is -2.38.